The smallest absolute Gasteiger partial charge is 0.340 e. The molecule has 5 nitrogen and oxygen atoms in total. The highest BCUT2D eigenvalue weighted by Crippen LogP contribution is 2.35. The molecule has 0 saturated heterocycles. The molecule has 2 aromatic heterocycles. The average Bonchev–Trinajstić information content (AvgIpc) is 3.21. The Bertz CT molecular complexity index is 1130. The maximum absolute atomic E-state index is 13.0. The fourth-order valence-corrected chi connectivity index (χ4v) is 3.45. The molecule has 0 fully saturated rings. The Morgan fingerprint density at radius 1 is 1.18 bits per heavy atom. The third-order valence-electron chi connectivity index (χ3n) is 4.46. The Kier molecular flexibility index (Phi) is 5.08. The van der Waals surface area contributed by atoms with Gasteiger partial charge in [-0.1, -0.05) is 41.9 Å². The summed E-state index contributed by atoms with van der Waals surface area (Å²) < 4.78 is 7.27. The van der Waals surface area contributed by atoms with E-state index in [1.807, 2.05) is 53.2 Å². The van der Waals surface area contributed by atoms with Crippen molar-refractivity contribution in [2.45, 2.75) is 13.5 Å². The summed E-state index contributed by atoms with van der Waals surface area (Å²) in [6.45, 7) is 2.48. The fourth-order valence-electron chi connectivity index (χ4n) is 3.28. The Labute approximate surface area is 167 Å². The maximum atomic E-state index is 13.0. The average molecular weight is 392 g/mol. The lowest BCUT2D eigenvalue weighted by atomic mass is 9.94. The number of nitrogens with zero attached hydrogens (tertiary/aromatic N) is 3. The van der Waals surface area contributed by atoms with E-state index in [0.717, 1.165) is 22.0 Å². The third-order valence-corrected chi connectivity index (χ3v) is 4.69. The maximum Gasteiger partial charge on any atom is 0.340 e. The standard InChI is InChI=1S/C22H18ClN3O2/c1-2-28-22(27)21-19(13-26-11-10-24-14-26)25-18-9-8-16(23)12-17(18)20(21)15-6-4-3-5-7-15/h3-12,14H,2,13H2,1H3. The number of pyridine rings is 1. The van der Waals surface area contributed by atoms with Crippen molar-refractivity contribution in [2.24, 2.45) is 0 Å². The molecular formula is C22H18ClN3O2. The molecular weight excluding hydrogens is 374 g/mol. The van der Waals surface area contributed by atoms with Crippen molar-refractivity contribution in [1.29, 1.82) is 0 Å². The minimum Gasteiger partial charge on any atom is -0.462 e. The number of aromatic nitrogens is 3. The summed E-state index contributed by atoms with van der Waals surface area (Å²) in [5, 5.41) is 1.40. The van der Waals surface area contributed by atoms with E-state index in [4.69, 9.17) is 21.3 Å². The first-order chi connectivity index (χ1) is 13.7. The lowest BCUT2D eigenvalue weighted by Gasteiger charge is -2.17. The molecule has 2 aromatic carbocycles. The van der Waals surface area contributed by atoms with Gasteiger partial charge in [0.15, 0.2) is 0 Å². The number of ether oxygens (including phenoxy) is 1. The highest BCUT2D eigenvalue weighted by molar-refractivity contribution is 6.31. The highest BCUT2D eigenvalue weighted by Gasteiger charge is 2.23. The number of hydrogen-bond donors (Lipinski definition) is 0. The second-order valence-corrected chi connectivity index (χ2v) is 6.73. The molecule has 0 amide bonds. The van der Waals surface area contributed by atoms with Gasteiger partial charge < -0.3 is 9.30 Å². The van der Waals surface area contributed by atoms with Crippen LogP contribution in [0.4, 0.5) is 0 Å². The van der Waals surface area contributed by atoms with Crippen LogP contribution in [0.15, 0.2) is 67.3 Å². The minimum absolute atomic E-state index is 0.283. The van der Waals surface area contributed by atoms with E-state index in [-0.39, 0.29) is 6.61 Å². The van der Waals surface area contributed by atoms with Crippen molar-refractivity contribution in [3.8, 4) is 11.1 Å². The molecule has 0 atom stereocenters. The van der Waals surface area contributed by atoms with Gasteiger partial charge in [0.2, 0.25) is 0 Å². The van der Waals surface area contributed by atoms with Gasteiger partial charge in [-0.25, -0.2) is 14.8 Å². The van der Waals surface area contributed by atoms with Gasteiger partial charge in [0, 0.05) is 28.4 Å². The molecule has 0 spiro atoms. The molecule has 0 saturated carbocycles. The molecule has 0 radical (unpaired) electrons. The van der Waals surface area contributed by atoms with Gasteiger partial charge in [0.1, 0.15) is 0 Å². The number of carbonyl (C=O) groups excluding carboxylic acids is 1. The van der Waals surface area contributed by atoms with Gasteiger partial charge in [0.25, 0.3) is 0 Å². The third kappa shape index (κ3) is 3.49. The number of hydrogen-bond acceptors (Lipinski definition) is 4. The molecule has 0 N–H and O–H groups in total. The predicted molar refractivity (Wildman–Crippen MR) is 109 cm³/mol. The van der Waals surface area contributed by atoms with Gasteiger partial charge in [-0.3, -0.25) is 0 Å². The van der Waals surface area contributed by atoms with Crippen LogP contribution in [-0.4, -0.2) is 27.1 Å². The van der Waals surface area contributed by atoms with Crippen LogP contribution in [0.5, 0.6) is 0 Å². The minimum atomic E-state index is -0.397. The summed E-state index contributed by atoms with van der Waals surface area (Å²) >= 11 is 6.27. The second-order valence-electron chi connectivity index (χ2n) is 6.29. The Hall–Kier alpha value is -3.18. The number of esters is 1. The summed E-state index contributed by atoms with van der Waals surface area (Å²) in [4.78, 5) is 21.9. The highest BCUT2D eigenvalue weighted by atomic mass is 35.5. The van der Waals surface area contributed by atoms with Gasteiger partial charge in [0.05, 0.1) is 36.3 Å². The van der Waals surface area contributed by atoms with Crippen LogP contribution < -0.4 is 0 Å². The van der Waals surface area contributed by atoms with Crippen LogP contribution in [0.2, 0.25) is 5.02 Å². The number of imidazole rings is 1. The summed E-state index contributed by atoms with van der Waals surface area (Å²) in [7, 11) is 0. The molecule has 4 aromatic rings. The predicted octanol–water partition coefficient (Wildman–Crippen LogP) is 4.98. The van der Waals surface area contributed by atoms with Crippen molar-refractivity contribution in [2.75, 3.05) is 6.61 Å². The zero-order valence-electron chi connectivity index (χ0n) is 15.3. The van der Waals surface area contributed by atoms with Crippen molar-refractivity contribution in [1.82, 2.24) is 14.5 Å². The largest absolute Gasteiger partial charge is 0.462 e. The number of rotatable bonds is 5. The first kappa shape index (κ1) is 18.2. The molecule has 28 heavy (non-hydrogen) atoms. The van der Waals surface area contributed by atoms with Crippen molar-refractivity contribution < 1.29 is 9.53 Å². The lowest BCUT2D eigenvalue weighted by molar-refractivity contribution is 0.0525. The number of carbonyl (C=O) groups is 1. The van der Waals surface area contributed by atoms with Crippen LogP contribution in [-0.2, 0) is 11.3 Å². The van der Waals surface area contributed by atoms with E-state index >= 15 is 0 Å². The molecule has 0 bridgehead atoms. The first-order valence-corrected chi connectivity index (χ1v) is 9.35. The molecule has 0 aliphatic carbocycles. The molecule has 0 aliphatic heterocycles. The van der Waals surface area contributed by atoms with E-state index in [0.29, 0.717) is 22.8 Å². The molecule has 140 valence electrons. The van der Waals surface area contributed by atoms with Crippen LogP contribution in [0.1, 0.15) is 23.0 Å². The Morgan fingerprint density at radius 3 is 2.71 bits per heavy atom. The molecule has 6 heteroatoms. The van der Waals surface area contributed by atoms with Gasteiger partial charge in [-0.05, 0) is 30.7 Å². The van der Waals surface area contributed by atoms with Crippen LogP contribution in [0.25, 0.3) is 22.0 Å². The lowest BCUT2D eigenvalue weighted by Crippen LogP contribution is -2.14. The quantitative estimate of drug-likeness (QED) is 0.450. The number of fused-ring (bicyclic) bond motifs is 1. The Balaban J connectivity index is 2.06. The molecule has 0 unspecified atom stereocenters. The topological polar surface area (TPSA) is 57.0 Å². The second kappa shape index (κ2) is 7.82. The van der Waals surface area contributed by atoms with Crippen LogP contribution in [0, 0.1) is 0 Å². The number of benzene rings is 2. The van der Waals surface area contributed by atoms with Gasteiger partial charge in [-0.2, -0.15) is 0 Å². The van der Waals surface area contributed by atoms with Crippen LogP contribution >= 0.6 is 11.6 Å². The SMILES string of the molecule is CCOC(=O)c1c(Cn2ccnc2)nc2ccc(Cl)cc2c1-c1ccccc1. The monoisotopic (exact) mass is 391 g/mol. The summed E-state index contributed by atoms with van der Waals surface area (Å²) in [6.07, 6.45) is 5.23. The Morgan fingerprint density at radius 2 is 2.00 bits per heavy atom. The van der Waals surface area contributed by atoms with Crippen molar-refractivity contribution in [3.05, 3.63) is 83.5 Å². The van der Waals surface area contributed by atoms with Crippen molar-refractivity contribution >= 4 is 28.5 Å². The van der Waals surface area contributed by atoms with Crippen molar-refractivity contribution in [3.63, 3.8) is 0 Å². The molecule has 4 rings (SSSR count). The fraction of sp³-hybridized carbons (Fsp3) is 0.136. The van der Waals surface area contributed by atoms with E-state index in [2.05, 4.69) is 4.98 Å². The zero-order chi connectivity index (χ0) is 19.5. The zero-order valence-corrected chi connectivity index (χ0v) is 16.1. The van der Waals surface area contributed by atoms with E-state index in [1.165, 1.54) is 0 Å². The van der Waals surface area contributed by atoms with Gasteiger partial charge >= 0.3 is 5.97 Å². The summed E-state index contributed by atoms with van der Waals surface area (Å²) in [6, 6.07) is 15.3. The van der Waals surface area contributed by atoms with E-state index in [9.17, 15) is 4.79 Å². The van der Waals surface area contributed by atoms with E-state index in [1.54, 1.807) is 25.5 Å². The molecule has 2 heterocycles. The summed E-state index contributed by atoms with van der Waals surface area (Å²) in [5.74, 6) is -0.397. The van der Waals surface area contributed by atoms with E-state index < -0.39 is 5.97 Å². The van der Waals surface area contributed by atoms with Crippen LogP contribution in [0.3, 0.4) is 0 Å². The summed E-state index contributed by atoms with van der Waals surface area (Å²) in [5.41, 5.74) is 3.54. The van der Waals surface area contributed by atoms with Gasteiger partial charge in [-0.15, -0.1) is 0 Å². The normalized spacial score (nSPS) is 10.9. The first-order valence-electron chi connectivity index (χ1n) is 8.97. The molecule has 0 aliphatic rings. The number of halogens is 1.